The van der Waals surface area contributed by atoms with Crippen molar-refractivity contribution < 1.29 is 36.3 Å². The number of carbonyl (C=O) groups excluding carboxylic acids is 3. The standard InChI is InChI=1S/C31H38F2N6O6S/c1-30(32,33)25-27(36-23-12-8-7-11-22(23)35-25)45-19-15-24-26(40)37-31(29(42)38-46(43,44)20-13-14-20)16-18(31)9-5-3-2-4-6-10-21(34)28(41)39(24)17-19/h5,7-9,11-12,18-21,24H,2-4,6,10,13-17,34H2,1H3,(H,37,40)(H,38,42)/b9-5-/t18-,19-,21+,24+,31-/m1/s1. The van der Waals surface area contributed by atoms with Crippen LogP contribution in [0.25, 0.3) is 11.0 Å². The molecule has 3 fully saturated rings. The van der Waals surface area contributed by atoms with Gasteiger partial charge in [-0.15, -0.1) is 0 Å². The van der Waals surface area contributed by atoms with Crippen LogP contribution in [0.3, 0.4) is 0 Å². The van der Waals surface area contributed by atoms with Gasteiger partial charge in [-0.1, -0.05) is 37.1 Å². The molecule has 46 heavy (non-hydrogen) atoms. The summed E-state index contributed by atoms with van der Waals surface area (Å²) in [6, 6.07) is 4.42. The fourth-order valence-corrected chi connectivity index (χ4v) is 7.62. The highest BCUT2D eigenvalue weighted by atomic mass is 32.2. The van der Waals surface area contributed by atoms with Crippen molar-refractivity contribution in [2.75, 3.05) is 6.54 Å². The third kappa shape index (κ3) is 6.57. The molecule has 248 valence electrons. The number of nitrogens with two attached hydrogens (primary N) is 1. The summed E-state index contributed by atoms with van der Waals surface area (Å²) in [6.45, 7) is 0.536. The summed E-state index contributed by atoms with van der Waals surface area (Å²) in [5, 5.41) is 2.13. The number of nitrogens with one attached hydrogen (secondary N) is 2. The van der Waals surface area contributed by atoms with Gasteiger partial charge in [0.15, 0.2) is 5.69 Å². The van der Waals surface area contributed by atoms with Crippen LogP contribution in [0.4, 0.5) is 8.78 Å². The van der Waals surface area contributed by atoms with E-state index in [0.29, 0.717) is 38.1 Å². The lowest BCUT2D eigenvalue weighted by atomic mass is 10.1. The van der Waals surface area contributed by atoms with Crippen LogP contribution in [-0.2, 0) is 30.3 Å². The number of fused-ring (bicyclic) bond motifs is 3. The number of hydrogen-bond donors (Lipinski definition) is 3. The van der Waals surface area contributed by atoms with Crippen LogP contribution in [-0.4, -0.2) is 76.5 Å². The highest BCUT2D eigenvalue weighted by Gasteiger charge is 2.62. The topological polar surface area (TPSA) is 174 Å². The number of hydrogen-bond acceptors (Lipinski definition) is 9. The molecule has 15 heteroatoms. The molecule has 1 aromatic carbocycles. The average molecular weight is 661 g/mol. The second-order valence-corrected chi connectivity index (χ2v) is 14.8. The van der Waals surface area contributed by atoms with Crippen molar-refractivity contribution in [3.05, 3.63) is 42.1 Å². The SMILES string of the molecule is CC(F)(F)c1nc2ccccc2nc1O[C@@H]1C[C@H]2C(=O)N[C@]3(C(=O)NS(=O)(=O)C4CC4)C[C@H]3/C=C\CCCCC[C@H](N)C(=O)N2C1. The molecule has 5 atom stereocenters. The molecule has 0 radical (unpaired) electrons. The number of allylic oxidation sites excluding steroid dienone is 1. The van der Waals surface area contributed by atoms with Crippen molar-refractivity contribution in [3.8, 4) is 5.88 Å². The molecule has 2 aliphatic carbocycles. The van der Waals surface area contributed by atoms with Crippen molar-refractivity contribution in [1.29, 1.82) is 0 Å². The zero-order valence-electron chi connectivity index (χ0n) is 25.5. The summed E-state index contributed by atoms with van der Waals surface area (Å²) in [5.41, 5.74) is 4.67. The van der Waals surface area contributed by atoms with Crippen molar-refractivity contribution >= 4 is 38.8 Å². The maximum atomic E-state index is 14.7. The normalized spacial score (nSPS) is 30.0. The fraction of sp³-hybridized carbons (Fsp3) is 0.581. The van der Waals surface area contributed by atoms with E-state index in [9.17, 15) is 31.6 Å². The molecule has 2 aromatic rings. The number of nitrogens with zero attached hydrogens (tertiary/aromatic N) is 3. The Kier molecular flexibility index (Phi) is 8.51. The zero-order valence-corrected chi connectivity index (χ0v) is 26.3. The molecule has 6 rings (SSSR count). The largest absolute Gasteiger partial charge is 0.471 e. The summed E-state index contributed by atoms with van der Waals surface area (Å²) in [7, 11) is -3.89. The molecule has 4 N–H and O–H groups in total. The van der Waals surface area contributed by atoms with E-state index in [2.05, 4.69) is 20.0 Å². The van der Waals surface area contributed by atoms with E-state index < -0.39 is 80.1 Å². The quantitative estimate of drug-likeness (QED) is 0.393. The van der Waals surface area contributed by atoms with Crippen molar-refractivity contribution in [2.24, 2.45) is 11.7 Å². The molecule has 4 aliphatic rings. The highest BCUT2D eigenvalue weighted by molar-refractivity contribution is 7.91. The lowest BCUT2D eigenvalue weighted by molar-refractivity contribution is -0.140. The first-order valence-corrected chi connectivity index (χ1v) is 17.3. The van der Waals surface area contributed by atoms with E-state index in [1.54, 1.807) is 24.3 Å². The second-order valence-electron chi connectivity index (χ2n) is 12.9. The third-order valence-electron chi connectivity index (χ3n) is 9.12. The molecular weight excluding hydrogens is 622 g/mol. The Balaban J connectivity index is 1.29. The number of ether oxygens (including phenoxy) is 1. The number of sulfonamides is 1. The van der Waals surface area contributed by atoms with E-state index in [1.165, 1.54) is 4.90 Å². The predicted octanol–water partition coefficient (Wildman–Crippen LogP) is 2.42. The summed E-state index contributed by atoms with van der Waals surface area (Å²) < 4.78 is 62.8. The number of carbonyl (C=O) groups is 3. The van der Waals surface area contributed by atoms with Gasteiger partial charge in [0.25, 0.3) is 11.8 Å². The molecule has 1 aromatic heterocycles. The minimum absolute atomic E-state index is 0.105. The monoisotopic (exact) mass is 660 g/mol. The Hall–Kier alpha value is -3.72. The lowest BCUT2D eigenvalue weighted by Gasteiger charge is -2.28. The summed E-state index contributed by atoms with van der Waals surface area (Å²) in [4.78, 5) is 50.7. The molecule has 0 spiro atoms. The van der Waals surface area contributed by atoms with Gasteiger partial charge in [-0.2, -0.15) is 8.78 Å². The van der Waals surface area contributed by atoms with Crippen LogP contribution in [0.15, 0.2) is 36.4 Å². The number of amides is 3. The smallest absolute Gasteiger partial charge is 0.292 e. The number of para-hydroxylation sites is 2. The average Bonchev–Trinajstić information content (AvgIpc) is 3.92. The minimum Gasteiger partial charge on any atom is -0.471 e. The third-order valence-corrected chi connectivity index (χ3v) is 10.9. The van der Waals surface area contributed by atoms with Crippen LogP contribution in [0.5, 0.6) is 5.88 Å². The summed E-state index contributed by atoms with van der Waals surface area (Å²) >= 11 is 0. The van der Waals surface area contributed by atoms with Crippen molar-refractivity contribution in [2.45, 2.75) is 99.6 Å². The van der Waals surface area contributed by atoms with E-state index in [0.717, 1.165) is 19.3 Å². The molecule has 1 saturated heterocycles. The van der Waals surface area contributed by atoms with Gasteiger partial charge >= 0.3 is 0 Å². The second kappa shape index (κ2) is 12.1. The molecule has 12 nitrogen and oxygen atoms in total. The number of rotatable bonds is 6. The molecule has 0 unspecified atom stereocenters. The van der Waals surface area contributed by atoms with Crippen LogP contribution in [0, 0.1) is 5.92 Å². The molecule has 3 heterocycles. The number of aromatic nitrogens is 2. The van der Waals surface area contributed by atoms with Gasteiger partial charge in [-0.05, 0) is 50.7 Å². The number of alkyl halides is 2. The first-order valence-electron chi connectivity index (χ1n) is 15.7. The molecule has 0 bridgehead atoms. The lowest BCUT2D eigenvalue weighted by Crippen LogP contribution is -2.57. The Morgan fingerprint density at radius 2 is 1.85 bits per heavy atom. The summed E-state index contributed by atoms with van der Waals surface area (Å²) in [5.74, 6) is -6.29. The van der Waals surface area contributed by atoms with Gasteiger partial charge < -0.3 is 20.7 Å². The van der Waals surface area contributed by atoms with Crippen molar-refractivity contribution in [1.82, 2.24) is 24.9 Å². The van der Waals surface area contributed by atoms with E-state index >= 15 is 0 Å². The Morgan fingerprint density at radius 1 is 1.13 bits per heavy atom. The zero-order chi connectivity index (χ0) is 32.9. The number of halogens is 2. The van der Waals surface area contributed by atoms with E-state index in [4.69, 9.17) is 10.5 Å². The number of benzene rings is 1. The van der Waals surface area contributed by atoms with E-state index in [-0.39, 0.29) is 24.9 Å². The van der Waals surface area contributed by atoms with Crippen LogP contribution in [0.2, 0.25) is 0 Å². The van der Waals surface area contributed by atoms with Gasteiger partial charge in [0.05, 0.1) is 28.9 Å². The maximum Gasteiger partial charge on any atom is 0.292 e. The van der Waals surface area contributed by atoms with Gasteiger partial charge in [0, 0.05) is 19.3 Å². The van der Waals surface area contributed by atoms with Gasteiger partial charge in [0.1, 0.15) is 17.7 Å². The van der Waals surface area contributed by atoms with Crippen molar-refractivity contribution in [3.63, 3.8) is 0 Å². The molecular formula is C31H38F2N6O6S. The van der Waals surface area contributed by atoms with Gasteiger partial charge in [0.2, 0.25) is 27.7 Å². The van der Waals surface area contributed by atoms with Gasteiger partial charge in [-0.3, -0.25) is 19.1 Å². The molecule has 2 aliphatic heterocycles. The Bertz CT molecular complexity index is 1680. The first-order chi connectivity index (χ1) is 21.8. The summed E-state index contributed by atoms with van der Waals surface area (Å²) in [6.07, 6.45) is 7.22. The van der Waals surface area contributed by atoms with Gasteiger partial charge in [-0.25, -0.2) is 18.4 Å². The molecule has 3 amide bonds. The minimum atomic E-state index is -3.89. The fourth-order valence-electron chi connectivity index (χ4n) is 6.25. The first kappa shape index (κ1) is 32.2. The van der Waals surface area contributed by atoms with Crippen LogP contribution >= 0.6 is 0 Å². The van der Waals surface area contributed by atoms with Crippen LogP contribution in [0.1, 0.15) is 70.4 Å². The highest BCUT2D eigenvalue weighted by Crippen LogP contribution is 2.46. The maximum absolute atomic E-state index is 14.7. The van der Waals surface area contributed by atoms with E-state index in [1.807, 2.05) is 12.2 Å². The Morgan fingerprint density at radius 3 is 2.54 bits per heavy atom. The Labute approximate surface area is 265 Å². The van der Waals surface area contributed by atoms with Crippen LogP contribution < -0.4 is 20.5 Å². The predicted molar refractivity (Wildman–Crippen MR) is 163 cm³/mol. The molecule has 2 saturated carbocycles.